The van der Waals surface area contributed by atoms with E-state index in [0.29, 0.717) is 33.1 Å². The normalized spacial score (nSPS) is 20.1. The minimum Gasteiger partial charge on any atom is -0.340 e. The fourth-order valence-corrected chi connectivity index (χ4v) is 5.74. The maximum Gasteiger partial charge on any atom is 0.316 e. The molecule has 0 saturated carbocycles. The number of fused-ring (bicyclic) bond motifs is 2. The standard InChI is InChI=1S/C18H18N4O4S2/c1-19-5-6-27-13(15(19)23)14-16(24)22(4)11-7-9-10(8-12(11)28-14)21(3)18(26)17(25)20(9)2/h7-8H,5-6H2,1-4H3/b14-13-. The van der Waals surface area contributed by atoms with Crippen molar-refractivity contribution in [2.75, 3.05) is 31.3 Å². The van der Waals surface area contributed by atoms with Crippen LogP contribution < -0.4 is 16.0 Å². The Morgan fingerprint density at radius 1 is 0.821 bits per heavy atom. The molecule has 0 radical (unpaired) electrons. The van der Waals surface area contributed by atoms with Gasteiger partial charge in [0.05, 0.1) is 26.5 Å². The van der Waals surface area contributed by atoms with Crippen molar-refractivity contribution in [3.8, 4) is 0 Å². The van der Waals surface area contributed by atoms with Crippen LogP contribution in [0, 0.1) is 0 Å². The average molecular weight is 419 g/mol. The molecule has 0 unspecified atom stereocenters. The van der Waals surface area contributed by atoms with E-state index in [1.807, 2.05) is 0 Å². The van der Waals surface area contributed by atoms with Crippen molar-refractivity contribution in [2.24, 2.45) is 14.1 Å². The number of benzene rings is 1. The van der Waals surface area contributed by atoms with Crippen molar-refractivity contribution in [2.45, 2.75) is 4.90 Å². The first-order valence-corrected chi connectivity index (χ1v) is 10.3. The van der Waals surface area contributed by atoms with Crippen molar-refractivity contribution in [3.63, 3.8) is 0 Å². The lowest BCUT2D eigenvalue weighted by Crippen LogP contribution is -2.40. The summed E-state index contributed by atoms with van der Waals surface area (Å²) >= 11 is 2.63. The van der Waals surface area contributed by atoms with Gasteiger partial charge in [-0.15, -0.1) is 11.8 Å². The first-order valence-electron chi connectivity index (χ1n) is 8.54. The van der Waals surface area contributed by atoms with Gasteiger partial charge in [-0.05, 0) is 12.1 Å². The Balaban J connectivity index is 1.96. The maximum atomic E-state index is 13.0. The summed E-state index contributed by atoms with van der Waals surface area (Å²) in [5.41, 5.74) is 0.554. The van der Waals surface area contributed by atoms with Crippen LogP contribution >= 0.6 is 23.5 Å². The van der Waals surface area contributed by atoms with Crippen LogP contribution in [0.15, 0.2) is 36.4 Å². The van der Waals surface area contributed by atoms with Crippen LogP contribution in [0.2, 0.25) is 0 Å². The summed E-state index contributed by atoms with van der Waals surface area (Å²) in [5, 5.41) is 0. The molecule has 146 valence electrons. The summed E-state index contributed by atoms with van der Waals surface area (Å²) in [5.74, 6) is 0.331. The van der Waals surface area contributed by atoms with Gasteiger partial charge in [-0.25, -0.2) is 0 Å². The van der Waals surface area contributed by atoms with Gasteiger partial charge >= 0.3 is 11.1 Å². The van der Waals surface area contributed by atoms with Gasteiger partial charge in [0.15, 0.2) is 0 Å². The fraction of sp³-hybridized carbons (Fsp3) is 0.333. The van der Waals surface area contributed by atoms with E-state index >= 15 is 0 Å². The number of nitrogens with zero attached hydrogens (tertiary/aromatic N) is 4. The molecule has 0 aliphatic carbocycles. The molecule has 0 atom stereocenters. The number of aromatic nitrogens is 2. The lowest BCUT2D eigenvalue weighted by Gasteiger charge is -2.31. The van der Waals surface area contributed by atoms with Crippen LogP contribution in [0.3, 0.4) is 0 Å². The number of anilines is 1. The zero-order chi connectivity index (χ0) is 20.3. The van der Waals surface area contributed by atoms with E-state index in [1.165, 1.54) is 44.6 Å². The van der Waals surface area contributed by atoms with Crippen LogP contribution in [-0.4, -0.2) is 52.2 Å². The highest BCUT2D eigenvalue weighted by atomic mass is 32.2. The fourth-order valence-electron chi connectivity index (χ4n) is 3.28. The van der Waals surface area contributed by atoms with Crippen LogP contribution in [0.1, 0.15) is 0 Å². The quantitative estimate of drug-likeness (QED) is 0.463. The first-order chi connectivity index (χ1) is 13.2. The average Bonchev–Trinajstić information content (AvgIpc) is 2.69. The summed E-state index contributed by atoms with van der Waals surface area (Å²) in [6, 6.07) is 3.53. The zero-order valence-electron chi connectivity index (χ0n) is 15.8. The van der Waals surface area contributed by atoms with E-state index in [4.69, 9.17) is 0 Å². The van der Waals surface area contributed by atoms with Crippen molar-refractivity contribution >= 4 is 52.1 Å². The molecule has 0 bridgehead atoms. The van der Waals surface area contributed by atoms with E-state index in [2.05, 4.69) is 0 Å². The number of carbonyl (C=O) groups is 2. The lowest BCUT2D eigenvalue weighted by atomic mass is 10.2. The number of hydrogen-bond donors (Lipinski definition) is 0. The third-order valence-electron chi connectivity index (χ3n) is 5.06. The van der Waals surface area contributed by atoms with Gasteiger partial charge in [-0.2, -0.15) is 0 Å². The predicted octanol–water partition coefficient (Wildman–Crippen LogP) is 0.722. The number of aryl methyl sites for hydroxylation is 2. The van der Waals surface area contributed by atoms with Crippen molar-refractivity contribution in [1.29, 1.82) is 0 Å². The second-order valence-corrected chi connectivity index (χ2v) is 8.89. The minimum atomic E-state index is -0.623. The molecule has 0 N–H and O–H groups in total. The van der Waals surface area contributed by atoms with E-state index in [0.717, 1.165) is 10.6 Å². The van der Waals surface area contributed by atoms with Crippen LogP contribution in [0.4, 0.5) is 5.69 Å². The van der Waals surface area contributed by atoms with Crippen molar-refractivity contribution in [1.82, 2.24) is 14.0 Å². The Kier molecular flexibility index (Phi) is 4.42. The Morgan fingerprint density at radius 3 is 2.07 bits per heavy atom. The highest BCUT2D eigenvalue weighted by Gasteiger charge is 2.34. The van der Waals surface area contributed by atoms with Gasteiger partial charge in [0, 0.05) is 45.4 Å². The number of rotatable bonds is 0. The Morgan fingerprint density at radius 2 is 1.43 bits per heavy atom. The molecule has 1 saturated heterocycles. The number of likely N-dealkylation sites (N-methyl/N-ethyl adjacent to an activating group) is 2. The third kappa shape index (κ3) is 2.62. The molecule has 8 nitrogen and oxygen atoms in total. The van der Waals surface area contributed by atoms with Gasteiger partial charge in [0.1, 0.15) is 0 Å². The Hall–Kier alpha value is -2.46. The third-order valence-corrected chi connectivity index (χ3v) is 7.38. The second kappa shape index (κ2) is 6.56. The maximum absolute atomic E-state index is 13.0. The summed E-state index contributed by atoms with van der Waals surface area (Å²) in [6.07, 6.45) is 0. The molecule has 2 aliphatic heterocycles. The highest BCUT2D eigenvalue weighted by molar-refractivity contribution is 8.08. The molecule has 1 aromatic heterocycles. The monoisotopic (exact) mass is 418 g/mol. The van der Waals surface area contributed by atoms with E-state index < -0.39 is 11.1 Å². The summed E-state index contributed by atoms with van der Waals surface area (Å²) in [4.78, 5) is 54.6. The minimum absolute atomic E-state index is 0.153. The molecule has 2 amide bonds. The number of carbonyl (C=O) groups excluding carboxylic acids is 2. The van der Waals surface area contributed by atoms with Crippen LogP contribution in [0.5, 0.6) is 0 Å². The summed E-state index contributed by atoms with van der Waals surface area (Å²) < 4.78 is 2.61. The molecule has 1 fully saturated rings. The predicted molar refractivity (Wildman–Crippen MR) is 111 cm³/mol. The summed E-state index contributed by atoms with van der Waals surface area (Å²) in [7, 11) is 6.46. The topological polar surface area (TPSA) is 84.6 Å². The van der Waals surface area contributed by atoms with Crippen LogP contribution in [-0.2, 0) is 23.7 Å². The molecular formula is C18H18N4O4S2. The molecule has 4 rings (SSSR count). The van der Waals surface area contributed by atoms with Gasteiger partial charge in [-0.1, -0.05) is 11.8 Å². The molecule has 10 heteroatoms. The lowest BCUT2D eigenvalue weighted by molar-refractivity contribution is -0.125. The van der Waals surface area contributed by atoms with Gasteiger partial charge in [0.25, 0.3) is 11.8 Å². The van der Waals surface area contributed by atoms with Gasteiger partial charge < -0.3 is 18.9 Å². The molecule has 28 heavy (non-hydrogen) atoms. The molecular weight excluding hydrogens is 400 g/mol. The Labute approximate surface area is 168 Å². The van der Waals surface area contributed by atoms with E-state index in [9.17, 15) is 19.2 Å². The van der Waals surface area contributed by atoms with Crippen molar-refractivity contribution in [3.05, 3.63) is 42.7 Å². The van der Waals surface area contributed by atoms with E-state index in [1.54, 1.807) is 38.2 Å². The molecule has 0 spiro atoms. The first kappa shape index (κ1) is 18.9. The molecule has 3 heterocycles. The number of thioether (sulfide) groups is 2. The molecule has 2 aromatic rings. The molecule has 1 aromatic carbocycles. The molecule has 2 aliphatic rings. The smallest absolute Gasteiger partial charge is 0.316 e. The van der Waals surface area contributed by atoms with E-state index in [-0.39, 0.29) is 11.8 Å². The SMILES string of the molecule is CN1CCS/C(=C2\Sc3cc4c(cc3N(C)C2=O)n(C)c(=O)c(=O)n4C)C1=O. The van der Waals surface area contributed by atoms with Gasteiger partial charge in [-0.3, -0.25) is 19.2 Å². The number of amides is 2. The Bertz CT molecular complexity index is 1210. The zero-order valence-corrected chi connectivity index (χ0v) is 17.4. The van der Waals surface area contributed by atoms with Gasteiger partial charge in [0.2, 0.25) is 0 Å². The van der Waals surface area contributed by atoms with Crippen molar-refractivity contribution < 1.29 is 9.59 Å². The number of hydrogen-bond acceptors (Lipinski definition) is 6. The second-order valence-electron chi connectivity index (χ2n) is 6.74. The largest absolute Gasteiger partial charge is 0.340 e. The van der Waals surface area contributed by atoms with Crippen LogP contribution in [0.25, 0.3) is 11.0 Å². The highest BCUT2D eigenvalue weighted by Crippen LogP contribution is 2.46. The summed E-state index contributed by atoms with van der Waals surface area (Å²) in [6.45, 7) is 0.645.